The predicted molar refractivity (Wildman–Crippen MR) is 135 cm³/mol. The maximum atomic E-state index is 12.7. The van der Waals surface area contributed by atoms with Crippen molar-refractivity contribution >= 4 is 22.4 Å². The first kappa shape index (κ1) is 23.1. The van der Waals surface area contributed by atoms with Gasteiger partial charge in [0.1, 0.15) is 11.0 Å². The first-order valence-corrected chi connectivity index (χ1v) is 12.2. The van der Waals surface area contributed by atoms with Gasteiger partial charge in [0.25, 0.3) is 0 Å². The molecule has 1 saturated heterocycles. The molecule has 1 fully saturated rings. The predicted octanol–water partition coefficient (Wildman–Crippen LogP) is 4.47. The Labute approximate surface area is 198 Å². The van der Waals surface area contributed by atoms with Crippen LogP contribution in [-0.2, 0) is 17.5 Å². The number of rotatable bonds is 8. The minimum Gasteiger partial charge on any atom is -0.493 e. The summed E-state index contributed by atoms with van der Waals surface area (Å²) in [5, 5.41) is 0. The van der Waals surface area contributed by atoms with Gasteiger partial charge in [-0.1, -0.05) is 23.8 Å². The fourth-order valence-electron chi connectivity index (χ4n) is 3.97. The van der Waals surface area contributed by atoms with E-state index in [-0.39, 0.29) is 0 Å². The molecule has 1 atom stereocenters. The molecular weight excluding hydrogens is 434 g/mol. The molecule has 7 heteroatoms. The first-order chi connectivity index (χ1) is 16.1. The molecule has 0 saturated carbocycles. The van der Waals surface area contributed by atoms with Gasteiger partial charge in [0.05, 0.1) is 19.1 Å². The van der Waals surface area contributed by atoms with Gasteiger partial charge in [-0.2, -0.15) is 0 Å². The number of nitrogens with one attached hydrogen (secondary N) is 1. The van der Waals surface area contributed by atoms with E-state index in [2.05, 4.69) is 38.8 Å². The number of hydrogen-bond acceptors (Lipinski definition) is 5. The molecule has 1 aliphatic rings. The van der Waals surface area contributed by atoms with E-state index in [0.29, 0.717) is 0 Å². The largest absolute Gasteiger partial charge is 0.493 e. The van der Waals surface area contributed by atoms with E-state index in [4.69, 9.17) is 9.47 Å². The van der Waals surface area contributed by atoms with Crippen molar-refractivity contribution in [3.63, 3.8) is 0 Å². The van der Waals surface area contributed by atoms with Crippen LogP contribution >= 0.6 is 0 Å². The Morgan fingerprint density at radius 2 is 1.52 bits per heavy atom. The summed E-state index contributed by atoms with van der Waals surface area (Å²) in [5.74, 6) is 1.52. The van der Waals surface area contributed by atoms with Gasteiger partial charge in [0.15, 0.2) is 11.5 Å². The Bertz CT molecular complexity index is 1080. The third kappa shape index (κ3) is 5.86. The average molecular weight is 466 g/mol. The molecule has 0 amide bonds. The molecule has 3 aromatic carbocycles. The van der Waals surface area contributed by atoms with Crippen molar-refractivity contribution in [2.24, 2.45) is 0 Å². The summed E-state index contributed by atoms with van der Waals surface area (Å²) in [6, 6.07) is 22.0. The van der Waals surface area contributed by atoms with Crippen molar-refractivity contribution in [2.45, 2.75) is 18.4 Å². The van der Waals surface area contributed by atoms with Gasteiger partial charge in [-0.05, 0) is 61.0 Å². The summed E-state index contributed by atoms with van der Waals surface area (Å²) >= 11 is 0. The molecule has 0 spiro atoms. The van der Waals surface area contributed by atoms with Gasteiger partial charge >= 0.3 is 0 Å². The number of nitrogens with zero attached hydrogens (tertiary/aromatic N) is 2. The van der Waals surface area contributed by atoms with Crippen molar-refractivity contribution in [3.05, 3.63) is 77.9 Å². The maximum absolute atomic E-state index is 12.7. The van der Waals surface area contributed by atoms with Crippen LogP contribution in [0, 0.1) is 6.92 Å². The van der Waals surface area contributed by atoms with Crippen LogP contribution < -0.4 is 19.1 Å². The van der Waals surface area contributed by atoms with Gasteiger partial charge in [-0.25, -0.2) is 4.21 Å². The second-order valence-corrected chi connectivity index (χ2v) is 9.40. The van der Waals surface area contributed by atoms with Gasteiger partial charge in [0.2, 0.25) is 0 Å². The quantitative estimate of drug-likeness (QED) is 0.532. The summed E-state index contributed by atoms with van der Waals surface area (Å²) < 4.78 is 26.5. The molecule has 0 aromatic heterocycles. The lowest BCUT2D eigenvalue weighted by Crippen LogP contribution is -2.45. The zero-order valence-electron chi connectivity index (χ0n) is 19.4. The molecule has 1 unspecified atom stereocenters. The van der Waals surface area contributed by atoms with E-state index in [1.807, 2.05) is 49.4 Å². The maximum Gasteiger partial charge on any atom is 0.161 e. The van der Waals surface area contributed by atoms with E-state index in [1.165, 1.54) is 11.1 Å². The van der Waals surface area contributed by atoms with Crippen LogP contribution in [0.15, 0.2) is 71.6 Å². The van der Waals surface area contributed by atoms with E-state index in [0.717, 1.165) is 60.5 Å². The number of piperazine rings is 1. The zero-order valence-corrected chi connectivity index (χ0v) is 20.2. The van der Waals surface area contributed by atoms with Crippen molar-refractivity contribution < 1.29 is 13.7 Å². The lowest BCUT2D eigenvalue weighted by Gasteiger charge is -2.36. The van der Waals surface area contributed by atoms with Crippen LogP contribution in [0.5, 0.6) is 11.5 Å². The molecular formula is C26H31N3O3S. The number of methoxy groups -OCH3 is 2. The van der Waals surface area contributed by atoms with Crippen LogP contribution in [0.2, 0.25) is 0 Å². The summed E-state index contributed by atoms with van der Waals surface area (Å²) in [7, 11) is 2.04. The smallest absolute Gasteiger partial charge is 0.161 e. The number of aryl methyl sites for hydroxylation is 1. The molecule has 4 rings (SSSR count). The first-order valence-electron chi connectivity index (χ1n) is 11.1. The van der Waals surface area contributed by atoms with Crippen LogP contribution in [-0.4, -0.2) is 49.5 Å². The van der Waals surface area contributed by atoms with Gasteiger partial charge in [0, 0.05) is 44.1 Å². The molecule has 1 aliphatic heterocycles. The molecule has 0 aliphatic carbocycles. The van der Waals surface area contributed by atoms with E-state index in [1.54, 1.807) is 14.2 Å². The minimum absolute atomic E-state index is 0.754. The molecule has 0 bridgehead atoms. The van der Waals surface area contributed by atoms with Crippen LogP contribution in [0.3, 0.4) is 0 Å². The Morgan fingerprint density at radius 3 is 2.15 bits per heavy atom. The van der Waals surface area contributed by atoms with Crippen molar-refractivity contribution in [2.75, 3.05) is 50.0 Å². The normalized spacial score (nSPS) is 15.2. The van der Waals surface area contributed by atoms with Gasteiger partial charge < -0.3 is 19.1 Å². The van der Waals surface area contributed by atoms with Crippen LogP contribution in [0.1, 0.15) is 11.1 Å². The highest BCUT2D eigenvalue weighted by molar-refractivity contribution is 7.86. The molecule has 174 valence electrons. The fourth-order valence-corrected chi connectivity index (χ4v) is 4.82. The topological polar surface area (TPSA) is 54.0 Å². The number of benzene rings is 3. The van der Waals surface area contributed by atoms with Crippen LogP contribution in [0.25, 0.3) is 0 Å². The molecule has 3 aromatic rings. The summed E-state index contributed by atoms with van der Waals surface area (Å²) in [4.78, 5) is 5.60. The van der Waals surface area contributed by atoms with Crippen LogP contribution in [0.4, 0.5) is 11.4 Å². The Balaban J connectivity index is 1.30. The highest BCUT2D eigenvalue weighted by Gasteiger charge is 2.18. The number of hydrogen-bond donors (Lipinski definition) is 1. The molecule has 0 radical (unpaired) electrons. The van der Waals surface area contributed by atoms with E-state index >= 15 is 0 Å². The molecule has 1 N–H and O–H groups in total. The second kappa shape index (κ2) is 10.7. The third-order valence-electron chi connectivity index (χ3n) is 5.90. The molecule has 6 nitrogen and oxygen atoms in total. The second-order valence-electron chi connectivity index (χ2n) is 8.18. The molecule has 33 heavy (non-hydrogen) atoms. The Hall–Kier alpha value is -3.03. The Kier molecular flexibility index (Phi) is 7.52. The Morgan fingerprint density at radius 1 is 0.848 bits per heavy atom. The minimum atomic E-state index is -1.28. The van der Waals surface area contributed by atoms with E-state index in [9.17, 15) is 4.21 Å². The average Bonchev–Trinajstić information content (AvgIpc) is 2.86. The lowest BCUT2D eigenvalue weighted by atomic mass is 10.1. The highest BCUT2D eigenvalue weighted by Crippen LogP contribution is 2.28. The van der Waals surface area contributed by atoms with Gasteiger partial charge in [-0.15, -0.1) is 0 Å². The van der Waals surface area contributed by atoms with E-state index < -0.39 is 11.0 Å². The standard InChI is InChI=1S/C26H31N3O3S/c1-20-4-7-22(8-5-20)27-33(30)24-11-9-23(10-12-24)29-16-14-28(15-17-29)19-21-6-13-25(31-2)26(18-21)32-3/h4-13,18,27H,14-17,19H2,1-3H3. The third-order valence-corrected chi connectivity index (χ3v) is 7.03. The SMILES string of the molecule is COc1ccc(CN2CCN(c3ccc(S(=O)Nc4ccc(C)cc4)cc3)CC2)cc1OC. The highest BCUT2D eigenvalue weighted by atomic mass is 32.2. The van der Waals surface area contributed by atoms with Crippen molar-refractivity contribution in [1.29, 1.82) is 0 Å². The summed E-state index contributed by atoms with van der Waals surface area (Å²) in [6.45, 7) is 6.80. The van der Waals surface area contributed by atoms with Crippen molar-refractivity contribution in [1.82, 2.24) is 4.90 Å². The van der Waals surface area contributed by atoms with Crippen molar-refractivity contribution in [3.8, 4) is 11.5 Å². The zero-order chi connectivity index (χ0) is 23.2. The number of ether oxygens (including phenoxy) is 2. The molecule has 1 heterocycles. The van der Waals surface area contributed by atoms with Gasteiger partial charge in [-0.3, -0.25) is 4.90 Å². The lowest BCUT2D eigenvalue weighted by molar-refractivity contribution is 0.249. The monoisotopic (exact) mass is 465 g/mol. The number of anilines is 2. The summed E-state index contributed by atoms with van der Waals surface area (Å²) in [5.41, 5.74) is 4.42. The summed E-state index contributed by atoms with van der Waals surface area (Å²) in [6.07, 6.45) is 0. The fraction of sp³-hybridized carbons (Fsp3) is 0.308.